The quantitative estimate of drug-likeness (QED) is 0.911. The molecule has 1 fully saturated rings. The van der Waals surface area contributed by atoms with Gasteiger partial charge in [-0.3, -0.25) is 4.98 Å². The SMILES string of the molecule is CCCc1nc2c(cc1C(=O)O)CC1(CCCC1)CC2. The number of aromatic nitrogens is 1. The van der Waals surface area contributed by atoms with Crippen LogP contribution in [0.2, 0.25) is 0 Å². The zero-order valence-electron chi connectivity index (χ0n) is 12.2. The van der Waals surface area contributed by atoms with Crippen LogP contribution in [0.1, 0.15) is 72.8 Å². The van der Waals surface area contributed by atoms with Gasteiger partial charge in [0.15, 0.2) is 0 Å². The van der Waals surface area contributed by atoms with Gasteiger partial charge in [0.25, 0.3) is 0 Å². The molecule has 1 spiro atoms. The molecule has 1 aromatic rings. The second-order valence-electron chi connectivity index (χ2n) is 6.53. The summed E-state index contributed by atoms with van der Waals surface area (Å²) in [6, 6.07) is 1.93. The number of hydrogen-bond donors (Lipinski definition) is 1. The van der Waals surface area contributed by atoms with Crippen molar-refractivity contribution in [1.29, 1.82) is 0 Å². The molecule has 0 amide bonds. The number of rotatable bonds is 3. The summed E-state index contributed by atoms with van der Waals surface area (Å²) in [6.45, 7) is 2.07. The minimum absolute atomic E-state index is 0.431. The lowest BCUT2D eigenvalue weighted by molar-refractivity contribution is 0.0694. The van der Waals surface area contributed by atoms with Crippen molar-refractivity contribution in [3.05, 3.63) is 28.6 Å². The fourth-order valence-corrected chi connectivity index (χ4v) is 4.05. The molecule has 3 heteroatoms. The zero-order chi connectivity index (χ0) is 14.2. The first-order chi connectivity index (χ1) is 9.63. The number of fused-ring (bicyclic) bond motifs is 1. The number of nitrogens with zero attached hydrogens (tertiary/aromatic N) is 1. The Kier molecular flexibility index (Phi) is 3.53. The standard InChI is InChI=1S/C17H23NO2/c1-2-5-15-13(16(19)20)10-12-11-17(7-3-4-8-17)9-6-14(12)18-15/h10H,2-9,11H2,1H3,(H,19,20). The van der Waals surface area contributed by atoms with Crippen LogP contribution in [0.4, 0.5) is 0 Å². The van der Waals surface area contributed by atoms with E-state index in [0.29, 0.717) is 11.0 Å². The molecule has 2 aliphatic rings. The fourth-order valence-electron chi connectivity index (χ4n) is 4.05. The van der Waals surface area contributed by atoms with Crippen LogP contribution in [0.3, 0.4) is 0 Å². The summed E-state index contributed by atoms with van der Waals surface area (Å²) in [5.74, 6) is -0.824. The Bertz CT molecular complexity index is 530. The highest BCUT2D eigenvalue weighted by Gasteiger charge is 2.37. The molecule has 3 nitrogen and oxygen atoms in total. The van der Waals surface area contributed by atoms with Gasteiger partial charge in [-0.2, -0.15) is 0 Å². The zero-order valence-corrected chi connectivity index (χ0v) is 12.2. The Balaban J connectivity index is 1.97. The van der Waals surface area contributed by atoms with Gasteiger partial charge in [0.2, 0.25) is 0 Å². The van der Waals surface area contributed by atoms with E-state index in [1.165, 1.54) is 37.7 Å². The Labute approximate surface area is 120 Å². The van der Waals surface area contributed by atoms with Crippen molar-refractivity contribution >= 4 is 5.97 Å². The maximum Gasteiger partial charge on any atom is 0.337 e. The van der Waals surface area contributed by atoms with Crippen LogP contribution in [-0.4, -0.2) is 16.1 Å². The van der Waals surface area contributed by atoms with E-state index in [2.05, 4.69) is 6.92 Å². The van der Waals surface area contributed by atoms with E-state index in [0.717, 1.165) is 37.1 Å². The molecule has 0 bridgehead atoms. The van der Waals surface area contributed by atoms with Crippen molar-refractivity contribution in [1.82, 2.24) is 4.98 Å². The van der Waals surface area contributed by atoms with Crippen LogP contribution in [-0.2, 0) is 19.3 Å². The molecule has 3 rings (SSSR count). The van der Waals surface area contributed by atoms with Crippen molar-refractivity contribution in [2.75, 3.05) is 0 Å². The van der Waals surface area contributed by atoms with Crippen LogP contribution >= 0.6 is 0 Å². The minimum Gasteiger partial charge on any atom is -0.478 e. The van der Waals surface area contributed by atoms with Gasteiger partial charge in [-0.05, 0) is 55.6 Å². The first-order valence-corrected chi connectivity index (χ1v) is 7.88. The average Bonchev–Trinajstić information content (AvgIpc) is 2.87. The monoisotopic (exact) mass is 273 g/mol. The molecule has 20 heavy (non-hydrogen) atoms. The first kappa shape index (κ1) is 13.6. The summed E-state index contributed by atoms with van der Waals surface area (Å²) < 4.78 is 0. The maximum absolute atomic E-state index is 11.5. The third-order valence-corrected chi connectivity index (χ3v) is 5.11. The van der Waals surface area contributed by atoms with Crippen LogP contribution in [0.25, 0.3) is 0 Å². The Morgan fingerprint density at radius 3 is 2.75 bits per heavy atom. The van der Waals surface area contributed by atoms with E-state index >= 15 is 0 Å². The second kappa shape index (κ2) is 5.19. The molecule has 1 saturated carbocycles. The molecule has 2 aliphatic carbocycles. The number of aryl methyl sites for hydroxylation is 2. The van der Waals surface area contributed by atoms with Crippen molar-refractivity contribution in [3.63, 3.8) is 0 Å². The highest BCUT2D eigenvalue weighted by molar-refractivity contribution is 5.89. The molecule has 0 aromatic carbocycles. The predicted molar refractivity (Wildman–Crippen MR) is 78.1 cm³/mol. The molecular formula is C17H23NO2. The minimum atomic E-state index is -0.824. The van der Waals surface area contributed by atoms with E-state index in [9.17, 15) is 9.90 Å². The summed E-state index contributed by atoms with van der Waals surface area (Å²) in [5.41, 5.74) is 4.03. The van der Waals surface area contributed by atoms with Crippen molar-refractivity contribution in [3.8, 4) is 0 Å². The van der Waals surface area contributed by atoms with Crippen LogP contribution in [0, 0.1) is 5.41 Å². The summed E-state index contributed by atoms with van der Waals surface area (Å²) >= 11 is 0. The molecule has 0 saturated heterocycles. The topological polar surface area (TPSA) is 50.2 Å². The van der Waals surface area contributed by atoms with Crippen LogP contribution in [0.5, 0.6) is 0 Å². The molecule has 1 heterocycles. The molecule has 0 aliphatic heterocycles. The van der Waals surface area contributed by atoms with Gasteiger partial charge in [0.05, 0.1) is 11.3 Å². The number of carboxylic acid groups (broad SMARTS) is 1. The number of aromatic carboxylic acids is 1. The maximum atomic E-state index is 11.5. The number of pyridine rings is 1. The van der Waals surface area contributed by atoms with Crippen LogP contribution in [0.15, 0.2) is 6.07 Å². The van der Waals surface area contributed by atoms with E-state index in [1.807, 2.05) is 6.07 Å². The average molecular weight is 273 g/mol. The Morgan fingerprint density at radius 2 is 2.10 bits per heavy atom. The van der Waals surface area contributed by atoms with E-state index < -0.39 is 5.97 Å². The van der Waals surface area contributed by atoms with Crippen molar-refractivity contribution in [2.24, 2.45) is 5.41 Å². The summed E-state index contributed by atoms with van der Waals surface area (Å²) in [6.07, 6.45) is 10.3. The van der Waals surface area contributed by atoms with Gasteiger partial charge in [0, 0.05) is 5.69 Å². The Hall–Kier alpha value is -1.38. The lowest BCUT2D eigenvalue weighted by Crippen LogP contribution is -2.27. The number of carbonyl (C=O) groups is 1. The third-order valence-electron chi connectivity index (χ3n) is 5.11. The highest BCUT2D eigenvalue weighted by atomic mass is 16.4. The van der Waals surface area contributed by atoms with Gasteiger partial charge in [-0.1, -0.05) is 26.2 Å². The molecule has 1 aromatic heterocycles. The normalized spacial score (nSPS) is 20.1. The smallest absolute Gasteiger partial charge is 0.337 e. The fraction of sp³-hybridized carbons (Fsp3) is 0.647. The van der Waals surface area contributed by atoms with Gasteiger partial charge in [0.1, 0.15) is 0 Å². The van der Waals surface area contributed by atoms with Gasteiger partial charge < -0.3 is 5.11 Å². The second-order valence-corrected chi connectivity index (χ2v) is 6.53. The summed E-state index contributed by atoms with van der Waals surface area (Å²) in [7, 11) is 0. The van der Waals surface area contributed by atoms with Crippen LogP contribution < -0.4 is 0 Å². The van der Waals surface area contributed by atoms with E-state index in [1.54, 1.807) is 0 Å². The van der Waals surface area contributed by atoms with Crippen molar-refractivity contribution < 1.29 is 9.90 Å². The lowest BCUT2D eigenvalue weighted by atomic mass is 9.71. The third kappa shape index (κ3) is 2.34. The number of carboxylic acids is 1. The largest absolute Gasteiger partial charge is 0.478 e. The van der Waals surface area contributed by atoms with Gasteiger partial charge in [-0.25, -0.2) is 4.79 Å². The molecule has 0 atom stereocenters. The lowest BCUT2D eigenvalue weighted by Gasteiger charge is -2.34. The number of hydrogen-bond acceptors (Lipinski definition) is 2. The predicted octanol–water partition coefficient (Wildman–Crippen LogP) is 3.78. The summed E-state index contributed by atoms with van der Waals surface area (Å²) in [5, 5.41) is 9.41. The summed E-state index contributed by atoms with van der Waals surface area (Å²) in [4.78, 5) is 16.2. The molecule has 0 unspecified atom stereocenters. The highest BCUT2D eigenvalue weighted by Crippen LogP contribution is 2.47. The molecule has 108 valence electrons. The van der Waals surface area contributed by atoms with Gasteiger partial charge in [-0.15, -0.1) is 0 Å². The van der Waals surface area contributed by atoms with E-state index in [4.69, 9.17) is 4.98 Å². The first-order valence-electron chi connectivity index (χ1n) is 7.88. The Morgan fingerprint density at radius 1 is 1.35 bits per heavy atom. The molecular weight excluding hydrogens is 250 g/mol. The molecule has 0 radical (unpaired) electrons. The van der Waals surface area contributed by atoms with E-state index in [-0.39, 0.29) is 0 Å². The van der Waals surface area contributed by atoms with Crippen molar-refractivity contribution in [2.45, 2.75) is 64.7 Å². The molecule has 1 N–H and O–H groups in total. The van der Waals surface area contributed by atoms with Gasteiger partial charge >= 0.3 is 5.97 Å².